The van der Waals surface area contributed by atoms with Gasteiger partial charge in [0, 0.05) is 29.7 Å². The van der Waals surface area contributed by atoms with Crippen LogP contribution in [0.2, 0.25) is 0 Å². The second-order valence-electron chi connectivity index (χ2n) is 5.63. The smallest absolute Gasteiger partial charge is 0.270 e. The Hall–Kier alpha value is -3.41. The van der Waals surface area contributed by atoms with Crippen LogP contribution in [0.25, 0.3) is 6.08 Å². The average Bonchev–Trinajstić information content (AvgIpc) is 2.86. The number of rotatable bonds is 5. The van der Waals surface area contributed by atoms with E-state index in [9.17, 15) is 24.5 Å². The van der Waals surface area contributed by atoms with Gasteiger partial charge in [0.2, 0.25) is 0 Å². The molecule has 0 spiro atoms. The molecule has 0 aliphatic heterocycles. The molecule has 25 heavy (non-hydrogen) atoms. The number of fused-ring (bicyclic) bond motifs is 1. The fourth-order valence-corrected chi connectivity index (χ4v) is 2.81. The van der Waals surface area contributed by atoms with Crippen molar-refractivity contribution in [2.45, 2.75) is 6.42 Å². The maximum atomic E-state index is 12.3. The van der Waals surface area contributed by atoms with Gasteiger partial charge in [-0.1, -0.05) is 48.6 Å². The molecular weight excluding hydrogens is 322 g/mol. The summed E-state index contributed by atoms with van der Waals surface area (Å²) in [4.78, 5) is 47.1. The van der Waals surface area contributed by atoms with E-state index in [0.717, 1.165) is 0 Å². The lowest BCUT2D eigenvalue weighted by atomic mass is 9.96. The second kappa shape index (κ2) is 6.60. The molecule has 124 valence electrons. The van der Waals surface area contributed by atoms with Crippen molar-refractivity contribution in [2.75, 3.05) is 0 Å². The molecule has 0 atom stereocenters. The molecule has 0 heterocycles. The quantitative estimate of drug-likeness (QED) is 0.475. The molecular formula is C19H13NO5. The molecule has 0 aromatic heterocycles. The first-order chi connectivity index (χ1) is 12.0. The van der Waals surface area contributed by atoms with Gasteiger partial charge in [-0.05, 0) is 5.56 Å². The Labute approximate surface area is 142 Å². The molecule has 0 radical (unpaired) electrons. The summed E-state index contributed by atoms with van der Waals surface area (Å²) in [7, 11) is 0. The predicted octanol–water partition coefficient (Wildman–Crippen LogP) is 3.26. The lowest BCUT2D eigenvalue weighted by Crippen LogP contribution is -2.24. The third-order valence-corrected chi connectivity index (χ3v) is 4.01. The van der Waals surface area contributed by atoms with E-state index in [1.807, 2.05) is 0 Å². The van der Waals surface area contributed by atoms with Crippen molar-refractivity contribution in [3.05, 3.63) is 81.4 Å². The van der Waals surface area contributed by atoms with Crippen LogP contribution in [-0.2, 0) is 4.79 Å². The highest BCUT2D eigenvalue weighted by molar-refractivity contribution is 6.35. The Bertz CT molecular complexity index is 894. The van der Waals surface area contributed by atoms with Gasteiger partial charge in [0.1, 0.15) is 5.92 Å². The molecule has 0 saturated heterocycles. The van der Waals surface area contributed by atoms with Crippen LogP contribution >= 0.6 is 0 Å². The molecule has 0 N–H and O–H groups in total. The zero-order valence-electron chi connectivity index (χ0n) is 13.0. The van der Waals surface area contributed by atoms with Crippen LogP contribution in [0, 0.1) is 16.0 Å². The number of nitro benzene ring substituents is 1. The van der Waals surface area contributed by atoms with Gasteiger partial charge in [-0.2, -0.15) is 0 Å². The standard InChI is InChI=1S/C19H13NO5/c21-16(10-4-6-12-5-3-7-13(11-12)20(24)25)17-18(22)14-8-1-2-9-15(14)19(17)23/h1-9,11,17H,10H2/b6-4+. The van der Waals surface area contributed by atoms with Crippen molar-refractivity contribution < 1.29 is 19.3 Å². The Morgan fingerprint density at radius 1 is 1.04 bits per heavy atom. The molecule has 2 aromatic carbocycles. The lowest BCUT2D eigenvalue weighted by molar-refractivity contribution is -0.384. The number of allylic oxidation sites excluding steroid dienone is 1. The van der Waals surface area contributed by atoms with Gasteiger partial charge in [-0.15, -0.1) is 0 Å². The Kier molecular flexibility index (Phi) is 4.35. The van der Waals surface area contributed by atoms with Crippen LogP contribution in [0.5, 0.6) is 0 Å². The number of nitrogens with zero attached hydrogens (tertiary/aromatic N) is 1. The largest absolute Gasteiger partial charge is 0.298 e. The Morgan fingerprint density at radius 3 is 2.28 bits per heavy atom. The van der Waals surface area contributed by atoms with E-state index in [4.69, 9.17) is 0 Å². The lowest BCUT2D eigenvalue weighted by Gasteiger charge is -2.03. The van der Waals surface area contributed by atoms with E-state index in [1.165, 1.54) is 18.2 Å². The zero-order valence-corrected chi connectivity index (χ0v) is 13.0. The fourth-order valence-electron chi connectivity index (χ4n) is 2.81. The molecule has 0 unspecified atom stereocenters. The number of hydrogen-bond acceptors (Lipinski definition) is 5. The number of nitro groups is 1. The van der Waals surface area contributed by atoms with Crippen LogP contribution in [0.1, 0.15) is 32.7 Å². The topological polar surface area (TPSA) is 94.3 Å². The van der Waals surface area contributed by atoms with Crippen molar-refractivity contribution in [3.63, 3.8) is 0 Å². The second-order valence-corrected chi connectivity index (χ2v) is 5.63. The number of non-ortho nitro benzene ring substituents is 1. The van der Waals surface area contributed by atoms with Crippen LogP contribution in [0.3, 0.4) is 0 Å². The summed E-state index contributed by atoms with van der Waals surface area (Å²) in [5, 5.41) is 10.7. The summed E-state index contributed by atoms with van der Waals surface area (Å²) in [6, 6.07) is 12.3. The van der Waals surface area contributed by atoms with Gasteiger partial charge >= 0.3 is 0 Å². The van der Waals surface area contributed by atoms with Crippen LogP contribution in [0.4, 0.5) is 5.69 Å². The molecule has 6 nitrogen and oxygen atoms in total. The minimum atomic E-state index is -1.29. The monoisotopic (exact) mass is 335 g/mol. The van der Waals surface area contributed by atoms with Crippen LogP contribution < -0.4 is 0 Å². The summed E-state index contributed by atoms with van der Waals surface area (Å²) >= 11 is 0. The first-order valence-corrected chi connectivity index (χ1v) is 7.60. The van der Waals surface area contributed by atoms with E-state index >= 15 is 0 Å². The number of Topliss-reactive ketones (excluding diaryl/α,β-unsaturated/α-hetero) is 3. The number of carbonyl (C=O) groups excluding carboxylic acids is 3. The number of ketones is 3. The first kappa shape index (κ1) is 16.4. The highest BCUT2D eigenvalue weighted by Crippen LogP contribution is 2.28. The summed E-state index contributed by atoms with van der Waals surface area (Å²) < 4.78 is 0. The van der Waals surface area contributed by atoms with Gasteiger partial charge < -0.3 is 0 Å². The molecule has 0 fully saturated rings. The van der Waals surface area contributed by atoms with Crippen molar-refractivity contribution in [3.8, 4) is 0 Å². The summed E-state index contributed by atoms with van der Waals surface area (Å²) in [5.74, 6) is -2.69. The molecule has 6 heteroatoms. The summed E-state index contributed by atoms with van der Waals surface area (Å²) in [6.45, 7) is 0. The van der Waals surface area contributed by atoms with Crippen molar-refractivity contribution in [1.82, 2.24) is 0 Å². The SMILES string of the molecule is O=C(C/C=C/c1cccc([N+](=O)[O-])c1)C1C(=O)c2ccccc2C1=O. The molecule has 2 aromatic rings. The number of carbonyl (C=O) groups is 3. The first-order valence-electron chi connectivity index (χ1n) is 7.60. The fraction of sp³-hybridized carbons (Fsp3) is 0.105. The van der Waals surface area contributed by atoms with E-state index in [-0.39, 0.29) is 23.2 Å². The normalized spacial score (nSPS) is 14.1. The number of benzene rings is 2. The predicted molar refractivity (Wildman–Crippen MR) is 90.3 cm³/mol. The molecule has 1 aliphatic carbocycles. The molecule has 3 rings (SSSR count). The maximum Gasteiger partial charge on any atom is 0.270 e. The molecule has 0 bridgehead atoms. The minimum absolute atomic E-state index is 0.0509. The van der Waals surface area contributed by atoms with E-state index in [0.29, 0.717) is 5.56 Å². The van der Waals surface area contributed by atoms with E-state index < -0.39 is 28.2 Å². The Balaban J connectivity index is 1.72. The molecule has 0 saturated carbocycles. The third-order valence-electron chi connectivity index (χ3n) is 4.01. The highest BCUT2D eigenvalue weighted by Gasteiger charge is 2.42. The summed E-state index contributed by atoms with van der Waals surface area (Å²) in [6.07, 6.45) is 2.96. The third kappa shape index (κ3) is 3.14. The maximum absolute atomic E-state index is 12.3. The van der Waals surface area contributed by atoms with E-state index in [1.54, 1.807) is 42.5 Å². The highest BCUT2D eigenvalue weighted by atomic mass is 16.6. The van der Waals surface area contributed by atoms with Crippen molar-refractivity contribution in [2.24, 2.45) is 5.92 Å². The van der Waals surface area contributed by atoms with Gasteiger partial charge in [-0.3, -0.25) is 24.5 Å². The van der Waals surface area contributed by atoms with Gasteiger partial charge in [-0.25, -0.2) is 0 Å². The minimum Gasteiger partial charge on any atom is -0.298 e. The van der Waals surface area contributed by atoms with E-state index in [2.05, 4.69) is 0 Å². The van der Waals surface area contributed by atoms with Gasteiger partial charge in [0.15, 0.2) is 17.3 Å². The van der Waals surface area contributed by atoms with Gasteiger partial charge in [0.05, 0.1) is 4.92 Å². The van der Waals surface area contributed by atoms with Crippen LogP contribution in [0.15, 0.2) is 54.6 Å². The number of hydrogen-bond donors (Lipinski definition) is 0. The summed E-state index contributed by atoms with van der Waals surface area (Å²) in [5.41, 5.74) is 1.08. The van der Waals surface area contributed by atoms with Crippen molar-refractivity contribution >= 4 is 29.1 Å². The van der Waals surface area contributed by atoms with Crippen LogP contribution in [-0.4, -0.2) is 22.3 Å². The van der Waals surface area contributed by atoms with Crippen molar-refractivity contribution in [1.29, 1.82) is 0 Å². The average molecular weight is 335 g/mol. The molecule has 0 amide bonds. The zero-order chi connectivity index (χ0) is 18.0. The van der Waals surface area contributed by atoms with Gasteiger partial charge in [0.25, 0.3) is 5.69 Å². The molecule has 1 aliphatic rings. The Morgan fingerprint density at radius 2 is 1.68 bits per heavy atom.